The lowest BCUT2D eigenvalue weighted by Gasteiger charge is -1.99. The van der Waals surface area contributed by atoms with E-state index in [2.05, 4.69) is 16.9 Å². The summed E-state index contributed by atoms with van der Waals surface area (Å²) in [6.45, 7) is 1.75. The lowest BCUT2D eigenvalue weighted by atomic mass is 10.1. The molecule has 0 N–H and O–H groups in total. The number of hydrogen-bond donors (Lipinski definition) is 0. The van der Waals surface area contributed by atoms with Crippen LogP contribution in [0.25, 0.3) is 0 Å². The molecular weight excluding hydrogens is 268 g/mol. The number of esters is 1. The highest BCUT2D eigenvalue weighted by Crippen LogP contribution is 2.14. The Hall–Kier alpha value is -2.74. The molecule has 1 aromatic carbocycles. The van der Waals surface area contributed by atoms with Gasteiger partial charge in [-0.3, -0.25) is 4.68 Å². The number of benzene rings is 1. The number of nitrogens with zero attached hydrogens (tertiary/aromatic N) is 2. The minimum absolute atomic E-state index is 0.404. The van der Waals surface area contributed by atoms with Crippen LogP contribution in [0.2, 0.25) is 0 Å². The Labute approximate surface area is 123 Å². The van der Waals surface area contributed by atoms with Crippen LogP contribution in [-0.2, 0) is 11.8 Å². The second-order valence-electron chi connectivity index (χ2n) is 4.40. The molecule has 0 saturated heterocycles. The molecule has 0 unspecified atom stereocenters. The second-order valence-corrected chi connectivity index (χ2v) is 4.40. The quantitative estimate of drug-likeness (QED) is 0.624. The van der Waals surface area contributed by atoms with Crippen molar-refractivity contribution in [1.82, 2.24) is 9.78 Å². The molecular formula is C16H16N2O3. The third-order valence-electron chi connectivity index (χ3n) is 3.03. The Balaban J connectivity index is 2.39. The maximum atomic E-state index is 11.8. The van der Waals surface area contributed by atoms with E-state index < -0.39 is 5.97 Å². The van der Waals surface area contributed by atoms with Crippen molar-refractivity contribution in [3.8, 4) is 17.6 Å². The summed E-state index contributed by atoms with van der Waals surface area (Å²) in [6.07, 6.45) is 0. The van der Waals surface area contributed by atoms with E-state index in [-0.39, 0.29) is 0 Å². The molecule has 0 atom stereocenters. The van der Waals surface area contributed by atoms with Crippen LogP contribution in [0.4, 0.5) is 0 Å². The van der Waals surface area contributed by atoms with Gasteiger partial charge in [0.05, 0.1) is 19.9 Å². The number of carbonyl (C=O) groups excluding carboxylic acids is 1. The molecule has 0 bridgehead atoms. The van der Waals surface area contributed by atoms with Gasteiger partial charge in [0, 0.05) is 12.6 Å². The van der Waals surface area contributed by atoms with E-state index in [1.165, 1.54) is 7.11 Å². The second kappa shape index (κ2) is 6.14. The normalized spacial score (nSPS) is 9.71. The van der Waals surface area contributed by atoms with E-state index in [0.29, 0.717) is 17.0 Å². The van der Waals surface area contributed by atoms with Gasteiger partial charge in [-0.1, -0.05) is 5.92 Å². The molecule has 0 aliphatic rings. The van der Waals surface area contributed by atoms with Gasteiger partial charge in [-0.05, 0) is 37.1 Å². The molecule has 0 fully saturated rings. The van der Waals surface area contributed by atoms with Crippen molar-refractivity contribution in [3.63, 3.8) is 0 Å². The average Bonchev–Trinajstić information content (AvgIpc) is 2.78. The van der Waals surface area contributed by atoms with E-state index in [4.69, 9.17) is 9.47 Å². The van der Waals surface area contributed by atoms with Crippen molar-refractivity contribution in [2.24, 2.45) is 7.05 Å². The third kappa shape index (κ3) is 3.06. The smallest absolute Gasteiger partial charge is 0.342 e. The SMILES string of the molecule is COC(=O)c1c(C)nn(C)c1C#Cc1ccc(OC)cc1. The standard InChI is InChI=1S/C16H16N2O3/c1-11-15(16(19)21-4)14(18(2)17-11)10-7-12-5-8-13(20-3)9-6-12/h5-6,8-9H,1-4H3. The lowest BCUT2D eigenvalue weighted by molar-refractivity contribution is 0.0599. The van der Waals surface area contributed by atoms with Crippen LogP contribution >= 0.6 is 0 Å². The van der Waals surface area contributed by atoms with E-state index in [0.717, 1.165) is 11.3 Å². The van der Waals surface area contributed by atoms with E-state index in [1.54, 1.807) is 25.8 Å². The number of aryl methyl sites for hydroxylation is 2. The first kappa shape index (κ1) is 14.7. The van der Waals surface area contributed by atoms with Crippen LogP contribution in [0.15, 0.2) is 24.3 Å². The molecule has 0 spiro atoms. The molecule has 1 heterocycles. The van der Waals surface area contributed by atoms with Crippen LogP contribution in [0.5, 0.6) is 5.75 Å². The maximum absolute atomic E-state index is 11.8. The fraction of sp³-hybridized carbons (Fsp3) is 0.250. The Kier molecular flexibility index (Phi) is 4.29. The highest BCUT2D eigenvalue weighted by Gasteiger charge is 2.19. The van der Waals surface area contributed by atoms with Crippen LogP contribution in [-0.4, -0.2) is 30.0 Å². The van der Waals surface area contributed by atoms with Gasteiger partial charge in [-0.2, -0.15) is 5.10 Å². The van der Waals surface area contributed by atoms with Gasteiger partial charge in [0.15, 0.2) is 0 Å². The summed E-state index contributed by atoms with van der Waals surface area (Å²) >= 11 is 0. The van der Waals surface area contributed by atoms with Crippen molar-refractivity contribution in [2.45, 2.75) is 6.92 Å². The van der Waals surface area contributed by atoms with E-state index in [1.807, 2.05) is 24.3 Å². The minimum atomic E-state index is -0.431. The molecule has 21 heavy (non-hydrogen) atoms. The van der Waals surface area contributed by atoms with Crippen molar-refractivity contribution < 1.29 is 14.3 Å². The molecule has 108 valence electrons. The molecule has 0 aliphatic carbocycles. The number of hydrogen-bond acceptors (Lipinski definition) is 4. The Bertz CT molecular complexity index is 718. The van der Waals surface area contributed by atoms with Crippen LogP contribution < -0.4 is 4.74 Å². The van der Waals surface area contributed by atoms with Gasteiger partial charge in [0.2, 0.25) is 0 Å². The van der Waals surface area contributed by atoms with Crippen LogP contribution in [0, 0.1) is 18.8 Å². The number of aromatic nitrogens is 2. The first-order valence-electron chi connectivity index (χ1n) is 6.34. The van der Waals surface area contributed by atoms with Crippen molar-refractivity contribution in [3.05, 3.63) is 46.8 Å². The fourth-order valence-corrected chi connectivity index (χ4v) is 1.95. The molecule has 0 saturated carbocycles. The molecule has 5 heteroatoms. The average molecular weight is 284 g/mol. The van der Waals surface area contributed by atoms with E-state index >= 15 is 0 Å². The van der Waals surface area contributed by atoms with E-state index in [9.17, 15) is 4.79 Å². The Morgan fingerprint density at radius 1 is 1.19 bits per heavy atom. The summed E-state index contributed by atoms with van der Waals surface area (Å²) < 4.78 is 11.5. The third-order valence-corrected chi connectivity index (χ3v) is 3.03. The Morgan fingerprint density at radius 2 is 1.86 bits per heavy atom. The minimum Gasteiger partial charge on any atom is -0.497 e. The summed E-state index contributed by atoms with van der Waals surface area (Å²) in [5.74, 6) is 6.33. The van der Waals surface area contributed by atoms with Crippen molar-refractivity contribution >= 4 is 5.97 Å². The molecule has 5 nitrogen and oxygen atoms in total. The number of ether oxygens (including phenoxy) is 2. The van der Waals surface area contributed by atoms with Crippen molar-refractivity contribution in [2.75, 3.05) is 14.2 Å². The zero-order valence-electron chi connectivity index (χ0n) is 12.4. The van der Waals surface area contributed by atoms with Gasteiger partial charge < -0.3 is 9.47 Å². The fourth-order valence-electron chi connectivity index (χ4n) is 1.95. The zero-order chi connectivity index (χ0) is 15.4. The first-order chi connectivity index (χ1) is 10.1. The topological polar surface area (TPSA) is 53.3 Å². The summed E-state index contributed by atoms with van der Waals surface area (Å²) in [5, 5.41) is 4.21. The van der Waals surface area contributed by atoms with Crippen LogP contribution in [0.3, 0.4) is 0 Å². The maximum Gasteiger partial charge on any atom is 0.342 e. The molecule has 2 rings (SSSR count). The number of methoxy groups -OCH3 is 2. The first-order valence-corrected chi connectivity index (χ1v) is 6.34. The predicted octanol–water partition coefficient (Wildman–Crippen LogP) is 1.92. The molecule has 0 aliphatic heterocycles. The summed E-state index contributed by atoms with van der Waals surface area (Å²) in [4.78, 5) is 11.8. The lowest BCUT2D eigenvalue weighted by Crippen LogP contribution is -2.05. The highest BCUT2D eigenvalue weighted by molar-refractivity contribution is 5.93. The summed E-state index contributed by atoms with van der Waals surface area (Å²) in [7, 11) is 4.70. The number of rotatable bonds is 2. The van der Waals surface area contributed by atoms with Gasteiger partial charge in [-0.15, -0.1) is 0 Å². The largest absolute Gasteiger partial charge is 0.497 e. The van der Waals surface area contributed by atoms with Gasteiger partial charge in [0.1, 0.15) is 17.0 Å². The molecule has 0 radical (unpaired) electrons. The zero-order valence-corrected chi connectivity index (χ0v) is 12.4. The summed E-state index contributed by atoms with van der Waals surface area (Å²) in [6, 6.07) is 7.37. The molecule has 2 aromatic rings. The van der Waals surface area contributed by atoms with Crippen LogP contribution in [0.1, 0.15) is 27.3 Å². The Morgan fingerprint density at radius 3 is 2.43 bits per heavy atom. The van der Waals surface area contributed by atoms with Gasteiger partial charge in [-0.25, -0.2) is 4.79 Å². The summed E-state index contributed by atoms with van der Waals surface area (Å²) in [5.41, 5.74) is 2.37. The van der Waals surface area contributed by atoms with Crippen molar-refractivity contribution in [1.29, 1.82) is 0 Å². The molecule has 1 aromatic heterocycles. The predicted molar refractivity (Wildman–Crippen MR) is 78.3 cm³/mol. The monoisotopic (exact) mass is 284 g/mol. The highest BCUT2D eigenvalue weighted by atomic mass is 16.5. The number of carbonyl (C=O) groups is 1. The van der Waals surface area contributed by atoms with Gasteiger partial charge in [0.25, 0.3) is 0 Å². The molecule has 0 amide bonds. The van der Waals surface area contributed by atoms with Gasteiger partial charge >= 0.3 is 5.97 Å².